The number of rotatable bonds is 4. The summed E-state index contributed by atoms with van der Waals surface area (Å²) in [5, 5.41) is 0.603. The molecular formula is C17H18ClIN2. The molecule has 2 aromatic rings. The third kappa shape index (κ3) is 2.70. The minimum Gasteiger partial charge on any atom is -0.236 e. The number of nitrogens with zero attached hydrogens (tertiary/aromatic N) is 2. The van der Waals surface area contributed by atoms with E-state index >= 15 is 0 Å². The van der Waals surface area contributed by atoms with Crippen molar-refractivity contribution in [3.63, 3.8) is 0 Å². The van der Waals surface area contributed by atoms with Gasteiger partial charge in [0.2, 0.25) is 0 Å². The van der Waals surface area contributed by atoms with Crippen LogP contribution in [0.1, 0.15) is 49.7 Å². The molecule has 1 aliphatic rings. The third-order valence-electron chi connectivity index (χ3n) is 4.33. The molecule has 1 heterocycles. The van der Waals surface area contributed by atoms with Crippen molar-refractivity contribution < 1.29 is 0 Å². The maximum Gasteiger partial charge on any atom is 0.146 e. The van der Waals surface area contributed by atoms with Crippen LogP contribution in [0.3, 0.4) is 0 Å². The lowest BCUT2D eigenvalue weighted by Gasteiger charge is -2.41. The molecule has 4 heteroatoms. The summed E-state index contributed by atoms with van der Waals surface area (Å²) in [6.07, 6.45) is 5.48. The Morgan fingerprint density at radius 1 is 1.19 bits per heavy atom. The van der Waals surface area contributed by atoms with Crippen molar-refractivity contribution in [2.75, 3.05) is 0 Å². The van der Waals surface area contributed by atoms with Crippen LogP contribution in [-0.4, -0.2) is 9.97 Å². The molecule has 0 spiro atoms. The quantitative estimate of drug-likeness (QED) is 0.512. The fourth-order valence-electron chi connectivity index (χ4n) is 3.01. The van der Waals surface area contributed by atoms with Crippen LogP contribution in [0.4, 0.5) is 0 Å². The summed E-state index contributed by atoms with van der Waals surface area (Å²) in [4.78, 5) is 9.52. The predicted molar refractivity (Wildman–Crippen MR) is 94.8 cm³/mol. The zero-order chi connectivity index (χ0) is 14.9. The molecule has 1 saturated carbocycles. The topological polar surface area (TPSA) is 25.8 Å². The molecule has 0 aliphatic heterocycles. The molecule has 0 N–H and O–H groups in total. The van der Waals surface area contributed by atoms with Gasteiger partial charge in [0.1, 0.15) is 11.0 Å². The van der Waals surface area contributed by atoms with Crippen molar-refractivity contribution in [3.8, 4) is 0 Å². The number of aryl methyl sites for hydroxylation is 1. The Labute approximate surface area is 144 Å². The van der Waals surface area contributed by atoms with Gasteiger partial charge in [0, 0.05) is 0 Å². The van der Waals surface area contributed by atoms with Crippen molar-refractivity contribution in [1.82, 2.24) is 9.97 Å². The molecular weight excluding hydrogens is 395 g/mol. The largest absolute Gasteiger partial charge is 0.236 e. The van der Waals surface area contributed by atoms with Gasteiger partial charge in [0.05, 0.1) is 14.7 Å². The van der Waals surface area contributed by atoms with Gasteiger partial charge in [-0.05, 0) is 47.4 Å². The summed E-state index contributed by atoms with van der Waals surface area (Å²) >= 11 is 8.63. The highest BCUT2D eigenvalue weighted by Gasteiger charge is 2.43. The minimum atomic E-state index is -0.0300. The Morgan fingerprint density at radius 2 is 1.90 bits per heavy atom. The lowest BCUT2D eigenvalue weighted by Crippen LogP contribution is -2.37. The van der Waals surface area contributed by atoms with Gasteiger partial charge < -0.3 is 0 Å². The lowest BCUT2D eigenvalue weighted by molar-refractivity contribution is 0.284. The van der Waals surface area contributed by atoms with Gasteiger partial charge >= 0.3 is 0 Å². The first-order chi connectivity index (χ1) is 10.2. The molecule has 0 unspecified atom stereocenters. The standard InChI is InChI=1S/C17H18ClIN2/c1-2-7-13-14(19)15(18)21-16(20-13)17(10-6-11-17)12-8-4-3-5-9-12/h3-5,8-9H,2,6-7,10-11H2,1H3. The number of hydrogen-bond acceptors (Lipinski definition) is 2. The Morgan fingerprint density at radius 3 is 2.48 bits per heavy atom. The molecule has 1 aromatic heterocycles. The van der Waals surface area contributed by atoms with E-state index < -0.39 is 0 Å². The summed E-state index contributed by atoms with van der Waals surface area (Å²) in [5.74, 6) is 0.911. The van der Waals surface area contributed by atoms with Gasteiger partial charge in [0.25, 0.3) is 0 Å². The SMILES string of the molecule is CCCc1nc(C2(c3ccccc3)CCC2)nc(Cl)c1I. The Balaban J connectivity index is 2.10. The first-order valence-electron chi connectivity index (χ1n) is 7.45. The van der Waals surface area contributed by atoms with Gasteiger partial charge in [0.15, 0.2) is 0 Å². The molecule has 1 aliphatic carbocycles. The summed E-state index contributed by atoms with van der Waals surface area (Å²) in [6.45, 7) is 2.17. The van der Waals surface area contributed by atoms with Crippen LogP contribution in [0.2, 0.25) is 5.15 Å². The molecule has 1 aromatic carbocycles. The smallest absolute Gasteiger partial charge is 0.146 e. The highest BCUT2D eigenvalue weighted by molar-refractivity contribution is 14.1. The van der Waals surface area contributed by atoms with Crippen LogP contribution in [0, 0.1) is 3.57 Å². The van der Waals surface area contributed by atoms with E-state index in [0.717, 1.165) is 40.8 Å². The molecule has 110 valence electrons. The van der Waals surface area contributed by atoms with Crippen molar-refractivity contribution in [3.05, 3.63) is 56.1 Å². The average molecular weight is 413 g/mol. The third-order valence-corrected chi connectivity index (χ3v) is 6.05. The second-order valence-corrected chi connectivity index (χ2v) is 7.09. The van der Waals surface area contributed by atoms with Crippen molar-refractivity contribution in [1.29, 1.82) is 0 Å². The zero-order valence-corrected chi connectivity index (χ0v) is 15.0. The normalized spacial score (nSPS) is 16.5. The van der Waals surface area contributed by atoms with Crippen LogP contribution >= 0.6 is 34.2 Å². The molecule has 0 saturated heterocycles. The van der Waals surface area contributed by atoms with E-state index in [1.54, 1.807) is 0 Å². The molecule has 3 rings (SSSR count). The van der Waals surface area contributed by atoms with Gasteiger partial charge in [-0.1, -0.05) is 61.7 Å². The van der Waals surface area contributed by atoms with Gasteiger partial charge in [-0.15, -0.1) is 0 Å². The maximum atomic E-state index is 6.37. The Bertz CT molecular complexity index is 639. The van der Waals surface area contributed by atoms with Crippen LogP contribution in [0.25, 0.3) is 0 Å². The van der Waals surface area contributed by atoms with Crippen molar-refractivity contribution >= 4 is 34.2 Å². The molecule has 1 fully saturated rings. The van der Waals surface area contributed by atoms with E-state index in [4.69, 9.17) is 16.6 Å². The fourth-order valence-corrected chi connectivity index (χ4v) is 3.71. The fraction of sp³-hybridized carbons (Fsp3) is 0.412. The maximum absolute atomic E-state index is 6.37. The molecule has 0 radical (unpaired) electrons. The van der Waals surface area contributed by atoms with Crippen molar-refractivity contribution in [2.45, 2.75) is 44.4 Å². The number of aromatic nitrogens is 2. The van der Waals surface area contributed by atoms with Gasteiger partial charge in [-0.25, -0.2) is 9.97 Å². The molecule has 0 atom stereocenters. The van der Waals surface area contributed by atoms with E-state index in [-0.39, 0.29) is 5.41 Å². The molecule has 21 heavy (non-hydrogen) atoms. The van der Waals surface area contributed by atoms with Crippen LogP contribution in [-0.2, 0) is 11.8 Å². The van der Waals surface area contributed by atoms with E-state index in [0.29, 0.717) is 5.15 Å². The molecule has 2 nitrogen and oxygen atoms in total. The van der Waals surface area contributed by atoms with Crippen LogP contribution < -0.4 is 0 Å². The second-order valence-electron chi connectivity index (χ2n) is 5.65. The first kappa shape index (κ1) is 15.2. The summed E-state index contributed by atoms with van der Waals surface area (Å²) < 4.78 is 1.00. The van der Waals surface area contributed by atoms with E-state index in [1.165, 1.54) is 12.0 Å². The average Bonchev–Trinajstić information content (AvgIpc) is 2.44. The minimum absolute atomic E-state index is 0.0300. The summed E-state index contributed by atoms with van der Waals surface area (Å²) in [7, 11) is 0. The van der Waals surface area contributed by atoms with E-state index in [9.17, 15) is 0 Å². The molecule has 0 bridgehead atoms. The lowest BCUT2D eigenvalue weighted by atomic mass is 9.64. The zero-order valence-electron chi connectivity index (χ0n) is 12.1. The van der Waals surface area contributed by atoms with E-state index in [1.807, 2.05) is 0 Å². The summed E-state index contributed by atoms with van der Waals surface area (Å²) in [5.41, 5.74) is 2.38. The highest BCUT2D eigenvalue weighted by atomic mass is 127. The first-order valence-corrected chi connectivity index (χ1v) is 8.91. The number of benzene rings is 1. The second kappa shape index (κ2) is 6.21. The van der Waals surface area contributed by atoms with Crippen LogP contribution in [0.15, 0.2) is 30.3 Å². The monoisotopic (exact) mass is 412 g/mol. The Hall–Kier alpha value is -0.680. The summed E-state index contributed by atoms with van der Waals surface area (Å²) in [6, 6.07) is 10.6. The Kier molecular flexibility index (Phi) is 4.50. The van der Waals surface area contributed by atoms with Crippen LogP contribution in [0.5, 0.6) is 0 Å². The highest BCUT2D eigenvalue weighted by Crippen LogP contribution is 2.48. The van der Waals surface area contributed by atoms with Gasteiger partial charge in [-0.2, -0.15) is 0 Å². The molecule has 0 amide bonds. The van der Waals surface area contributed by atoms with Gasteiger partial charge in [-0.3, -0.25) is 0 Å². The van der Waals surface area contributed by atoms with E-state index in [2.05, 4.69) is 64.8 Å². The number of hydrogen-bond donors (Lipinski definition) is 0. The predicted octanol–water partition coefficient (Wildman–Crippen LogP) is 5.16. The van der Waals surface area contributed by atoms with Crippen molar-refractivity contribution in [2.24, 2.45) is 0 Å². The number of halogens is 2.